The van der Waals surface area contributed by atoms with Crippen molar-refractivity contribution < 1.29 is 13.3 Å². The van der Waals surface area contributed by atoms with Crippen LogP contribution in [0.3, 0.4) is 0 Å². The van der Waals surface area contributed by atoms with Crippen LogP contribution in [0, 0.1) is 11.6 Å². The number of nitrogens with zero attached hydrogens (tertiary/aromatic N) is 1. The second-order valence-electron chi connectivity index (χ2n) is 4.46. The third-order valence-corrected chi connectivity index (χ3v) is 2.90. The van der Waals surface area contributed by atoms with E-state index in [0.29, 0.717) is 18.3 Å². The average molecular weight is 250 g/mol. The molecule has 0 aliphatic heterocycles. The molecule has 1 heterocycles. The number of hydrogen-bond acceptors (Lipinski definition) is 3. The van der Waals surface area contributed by atoms with Gasteiger partial charge < -0.3 is 9.84 Å². The first kappa shape index (κ1) is 11.3. The standard InChI is InChI=1S/C13H12F2N2O/c14-8-1-4-12(15)11(5-8)13-6-10(17-18-13)7-16-9-2-3-9/h1,4-6,9,16H,2-3,7H2. The van der Waals surface area contributed by atoms with Gasteiger partial charge in [-0.2, -0.15) is 0 Å². The van der Waals surface area contributed by atoms with Gasteiger partial charge in [-0.1, -0.05) is 5.16 Å². The lowest BCUT2D eigenvalue weighted by molar-refractivity contribution is 0.417. The van der Waals surface area contributed by atoms with Gasteiger partial charge in [-0.3, -0.25) is 0 Å². The lowest BCUT2D eigenvalue weighted by Crippen LogP contribution is -2.15. The number of benzene rings is 1. The van der Waals surface area contributed by atoms with Crippen LogP contribution in [0.5, 0.6) is 0 Å². The molecule has 5 heteroatoms. The Balaban J connectivity index is 1.80. The highest BCUT2D eigenvalue weighted by Gasteiger charge is 2.21. The molecule has 1 saturated carbocycles. The van der Waals surface area contributed by atoms with Crippen LogP contribution in [0.15, 0.2) is 28.8 Å². The molecule has 0 radical (unpaired) electrons. The van der Waals surface area contributed by atoms with Gasteiger partial charge in [0.1, 0.15) is 11.6 Å². The number of rotatable bonds is 4. The Bertz CT molecular complexity index is 564. The largest absolute Gasteiger partial charge is 0.356 e. The molecule has 1 aliphatic rings. The monoisotopic (exact) mass is 250 g/mol. The zero-order chi connectivity index (χ0) is 12.5. The van der Waals surface area contributed by atoms with Crippen molar-refractivity contribution in [1.29, 1.82) is 0 Å². The zero-order valence-electron chi connectivity index (χ0n) is 9.62. The molecule has 1 N–H and O–H groups in total. The molecule has 94 valence electrons. The quantitative estimate of drug-likeness (QED) is 0.906. The van der Waals surface area contributed by atoms with E-state index in [4.69, 9.17) is 4.52 Å². The Hall–Kier alpha value is -1.75. The second kappa shape index (κ2) is 4.49. The summed E-state index contributed by atoms with van der Waals surface area (Å²) >= 11 is 0. The van der Waals surface area contributed by atoms with E-state index in [2.05, 4.69) is 10.5 Å². The van der Waals surface area contributed by atoms with Crippen molar-refractivity contribution in [3.63, 3.8) is 0 Å². The lowest BCUT2D eigenvalue weighted by atomic mass is 10.1. The molecule has 0 unspecified atom stereocenters. The summed E-state index contributed by atoms with van der Waals surface area (Å²) in [4.78, 5) is 0. The molecule has 1 fully saturated rings. The van der Waals surface area contributed by atoms with Crippen molar-refractivity contribution in [3.8, 4) is 11.3 Å². The fourth-order valence-electron chi connectivity index (χ4n) is 1.74. The van der Waals surface area contributed by atoms with E-state index in [0.717, 1.165) is 18.2 Å². The summed E-state index contributed by atoms with van der Waals surface area (Å²) in [6, 6.07) is 5.46. The lowest BCUT2D eigenvalue weighted by Gasteiger charge is -1.97. The van der Waals surface area contributed by atoms with E-state index >= 15 is 0 Å². The minimum Gasteiger partial charge on any atom is -0.356 e. The molecule has 0 amide bonds. The molecule has 18 heavy (non-hydrogen) atoms. The molecule has 1 aliphatic carbocycles. The Labute approximate surface area is 103 Å². The summed E-state index contributed by atoms with van der Waals surface area (Å²) in [6.45, 7) is 0.588. The van der Waals surface area contributed by atoms with Crippen LogP contribution in [0.25, 0.3) is 11.3 Å². The Morgan fingerprint density at radius 2 is 2.11 bits per heavy atom. The molecular weight excluding hydrogens is 238 g/mol. The Kier molecular flexibility index (Phi) is 2.83. The van der Waals surface area contributed by atoms with Crippen LogP contribution >= 0.6 is 0 Å². The van der Waals surface area contributed by atoms with Crippen LogP contribution in [0.4, 0.5) is 8.78 Å². The van der Waals surface area contributed by atoms with Crippen molar-refractivity contribution in [2.45, 2.75) is 25.4 Å². The Morgan fingerprint density at radius 1 is 1.28 bits per heavy atom. The van der Waals surface area contributed by atoms with Gasteiger partial charge in [0.25, 0.3) is 0 Å². The van der Waals surface area contributed by atoms with Crippen LogP contribution in [0.1, 0.15) is 18.5 Å². The maximum Gasteiger partial charge on any atom is 0.170 e. The van der Waals surface area contributed by atoms with Gasteiger partial charge in [0.2, 0.25) is 0 Å². The summed E-state index contributed by atoms with van der Waals surface area (Å²) in [5.41, 5.74) is 0.792. The molecule has 1 aromatic carbocycles. The fraction of sp³-hybridized carbons (Fsp3) is 0.308. The topological polar surface area (TPSA) is 38.1 Å². The summed E-state index contributed by atoms with van der Waals surface area (Å²) < 4.78 is 31.6. The van der Waals surface area contributed by atoms with E-state index in [-0.39, 0.29) is 11.3 Å². The molecule has 0 spiro atoms. The van der Waals surface area contributed by atoms with Crippen molar-refractivity contribution in [1.82, 2.24) is 10.5 Å². The van der Waals surface area contributed by atoms with Gasteiger partial charge in [-0.25, -0.2) is 8.78 Å². The highest BCUT2D eigenvalue weighted by Crippen LogP contribution is 2.25. The third kappa shape index (κ3) is 2.41. The van der Waals surface area contributed by atoms with E-state index in [9.17, 15) is 8.78 Å². The summed E-state index contributed by atoms with van der Waals surface area (Å²) in [7, 11) is 0. The minimum absolute atomic E-state index is 0.0974. The van der Waals surface area contributed by atoms with Crippen molar-refractivity contribution in [3.05, 3.63) is 41.6 Å². The predicted octanol–water partition coefficient (Wildman–Crippen LogP) is 2.87. The van der Waals surface area contributed by atoms with Crippen molar-refractivity contribution in [2.75, 3.05) is 0 Å². The summed E-state index contributed by atoms with van der Waals surface area (Å²) in [5.74, 6) is -0.769. The van der Waals surface area contributed by atoms with Crippen LogP contribution in [0.2, 0.25) is 0 Å². The highest BCUT2D eigenvalue weighted by molar-refractivity contribution is 5.58. The van der Waals surface area contributed by atoms with Gasteiger partial charge in [0.05, 0.1) is 11.3 Å². The molecule has 3 rings (SSSR count). The van der Waals surface area contributed by atoms with Crippen LogP contribution in [-0.4, -0.2) is 11.2 Å². The van der Waals surface area contributed by atoms with E-state index < -0.39 is 11.6 Å². The zero-order valence-corrected chi connectivity index (χ0v) is 9.62. The molecule has 0 atom stereocenters. The van der Waals surface area contributed by atoms with Gasteiger partial charge >= 0.3 is 0 Å². The predicted molar refractivity (Wildman–Crippen MR) is 61.7 cm³/mol. The first-order chi connectivity index (χ1) is 8.72. The third-order valence-electron chi connectivity index (χ3n) is 2.90. The molecular formula is C13H12F2N2O. The van der Waals surface area contributed by atoms with Crippen LogP contribution in [-0.2, 0) is 6.54 Å². The van der Waals surface area contributed by atoms with E-state index in [1.165, 1.54) is 12.8 Å². The summed E-state index contributed by atoms with van der Waals surface area (Å²) in [5, 5.41) is 7.11. The second-order valence-corrected chi connectivity index (χ2v) is 4.46. The number of aromatic nitrogens is 1. The maximum absolute atomic E-state index is 13.5. The fourth-order valence-corrected chi connectivity index (χ4v) is 1.74. The van der Waals surface area contributed by atoms with E-state index in [1.807, 2.05) is 0 Å². The SMILES string of the molecule is Fc1ccc(F)c(-c2cc(CNC3CC3)no2)c1. The van der Waals surface area contributed by atoms with Gasteiger partial charge in [0, 0.05) is 18.7 Å². The molecule has 0 saturated heterocycles. The van der Waals surface area contributed by atoms with Crippen molar-refractivity contribution >= 4 is 0 Å². The van der Waals surface area contributed by atoms with Crippen LogP contribution < -0.4 is 5.32 Å². The smallest absolute Gasteiger partial charge is 0.170 e. The minimum atomic E-state index is -0.519. The normalized spacial score (nSPS) is 15.0. The highest BCUT2D eigenvalue weighted by atomic mass is 19.1. The average Bonchev–Trinajstić information content (AvgIpc) is 3.08. The van der Waals surface area contributed by atoms with Gasteiger partial charge in [-0.15, -0.1) is 0 Å². The summed E-state index contributed by atoms with van der Waals surface area (Å²) in [6.07, 6.45) is 2.37. The van der Waals surface area contributed by atoms with Gasteiger partial charge in [0.15, 0.2) is 5.76 Å². The molecule has 2 aromatic rings. The molecule has 1 aromatic heterocycles. The van der Waals surface area contributed by atoms with Crippen molar-refractivity contribution in [2.24, 2.45) is 0 Å². The maximum atomic E-state index is 13.5. The molecule has 3 nitrogen and oxygen atoms in total. The Morgan fingerprint density at radius 3 is 2.89 bits per heavy atom. The number of hydrogen-bond donors (Lipinski definition) is 1. The van der Waals surface area contributed by atoms with E-state index in [1.54, 1.807) is 6.07 Å². The van der Waals surface area contributed by atoms with Gasteiger partial charge in [-0.05, 0) is 31.0 Å². The number of nitrogens with one attached hydrogen (secondary N) is 1. The number of halogens is 2. The molecule has 0 bridgehead atoms. The first-order valence-electron chi connectivity index (χ1n) is 5.87. The first-order valence-corrected chi connectivity index (χ1v) is 5.87.